The van der Waals surface area contributed by atoms with E-state index in [1.54, 1.807) is 0 Å². The third kappa shape index (κ3) is 2.50. The average Bonchev–Trinajstić information content (AvgIpc) is 2.54. The van der Waals surface area contributed by atoms with Crippen LogP contribution in [0.25, 0.3) is 0 Å². The van der Waals surface area contributed by atoms with E-state index < -0.39 is 0 Å². The monoisotopic (exact) mass is 274 g/mol. The number of ether oxygens (including phenoxy) is 1. The van der Waals surface area contributed by atoms with Gasteiger partial charge in [0.2, 0.25) is 0 Å². The minimum absolute atomic E-state index is 0.135. The van der Waals surface area contributed by atoms with Gasteiger partial charge in [0.1, 0.15) is 0 Å². The average molecular weight is 274 g/mol. The molecular formula is C17H26N2O. The van der Waals surface area contributed by atoms with Crippen LogP contribution < -0.4 is 5.73 Å². The Kier molecular flexibility index (Phi) is 4.11. The van der Waals surface area contributed by atoms with E-state index in [1.807, 2.05) is 0 Å². The molecule has 3 nitrogen and oxygen atoms in total. The van der Waals surface area contributed by atoms with Crippen LogP contribution in [0, 0.1) is 0 Å². The van der Waals surface area contributed by atoms with Gasteiger partial charge in [-0.05, 0) is 50.3 Å². The van der Waals surface area contributed by atoms with Crippen LogP contribution in [0.5, 0.6) is 0 Å². The summed E-state index contributed by atoms with van der Waals surface area (Å²) in [4.78, 5) is 2.57. The Bertz CT molecular complexity index is 456. The molecule has 1 fully saturated rings. The zero-order chi connectivity index (χ0) is 14.0. The number of nitrogens with zero attached hydrogens (tertiary/aromatic N) is 1. The molecule has 1 aromatic rings. The van der Waals surface area contributed by atoms with E-state index in [9.17, 15) is 0 Å². The van der Waals surface area contributed by atoms with Gasteiger partial charge in [-0.1, -0.05) is 24.3 Å². The largest absolute Gasteiger partial charge is 0.381 e. The van der Waals surface area contributed by atoms with Crippen molar-refractivity contribution in [2.24, 2.45) is 5.73 Å². The second-order valence-electron chi connectivity index (χ2n) is 6.33. The zero-order valence-corrected chi connectivity index (χ0v) is 12.5. The molecule has 1 unspecified atom stereocenters. The fraction of sp³-hybridized carbons (Fsp3) is 0.647. The molecule has 0 bridgehead atoms. The molecule has 0 aromatic heterocycles. The number of rotatable bonds is 3. The van der Waals surface area contributed by atoms with Gasteiger partial charge >= 0.3 is 0 Å². The summed E-state index contributed by atoms with van der Waals surface area (Å²) in [6, 6.07) is 9.47. The molecule has 3 heteroatoms. The first-order valence-corrected chi connectivity index (χ1v) is 7.83. The highest BCUT2D eigenvalue weighted by Crippen LogP contribution is 2.34. The quantitative estimate of drug-likeness (QED) is 0.916. The van der Waals surface area contributed by atoms with Crippen molar-refractivity contribution in [3.8, 4) is 0 Å². The summed E-state index contributed by atoms with van der Waals surface area (Å²) in [5, 5.41) is 0. The van der Waals surface area contributed by atoms with Gasteiger partial charge in [0, 0.05) is 31.3 Å². The van der Waals surface area contributed by atoms with Gasteiger partial charge in [-0.3, -0.25) is 4.90 Å². The number of aryl methyl sites for hydroxylation is 1. The van der Waals surface area contributed by atoms with Crippen molar-refractivity contribution in [2.45, 2.75) is 43.7 Å². The summed E-state index contributed by atoms with van der Waals surface area (Å²) >= 11 is 0. The van der Waals surface area contributed by atoms with Crippen LogP contribution >= 0.6 is 0 Å². The van der Waals surface area contributed by atoms with Crippen molar-refractivity contribution >= 4 is 0 Å². The summed E-state index contributed by atoms with van der Waals surface area (Å²) in [7, 11) is 2.27. The lowest BCUT2D eigenvalue weighted by Crippen LogP contribution is -2.59. The van der Waals surface area contributed by atoms with E-state index in [-0.39, 0.29) is 5.54 Å². The predicted molar refractivity (Wildman–Crippen MR) is 81.9 cm³/mol. The van der Waals surface area contributed by atoms with E-state index in [0.29, 0.717) is 6.04 Å². The molecule has 0 spiro atoms. The number of benzene rings is 1. The van der Waals surface area contributed by atoms with Gasteiger partial charge in [-0.25, -0.2) is 0 Å². The summed E-state index contributed by atoms with van der Waals surface area (Å²) < 4.78 is 5.50. The van der Waals surface area contributed by atoms with Crippen molar-refractivity contribution in [3.05, 3.63) is 35.4 Å². The zero-order valence-electron chi connectivity index (χ0n) is 12.5. The molecule has 1 heterocycles. The van der Waals surface area contributed by atoms with Crippen LogP contribution in [0.15, 0.2) is 24.3 Å². The number of likely N-dealkylation sites (N-methyl/N-ethyl adjacent to an activating group) is 1. The topological polar surface area (TPSA) is 38.5 Å². The SMILES string of the molecule is CN(C1CCOCC1)C1(CN)CCc2ccccc2C1. The molecule has 0 amide bonds. The van der Waals surface area contributed by atoms with E-state index in [0.717, 1.165) is 45.4 Å². The van der Waals surface area contributed by atoms with Crippen LogP contribution in [-0.4, -0.2) is 43.3 Å². The lowest BCUT2D eigenvalue weighted by Gasteiger charge is -2.49. The molecule has 20 heavy (non-hydrogen) atoms. The fourth-order valence-electron chi connectivity index (χ4n) is 3.86. The second-order valence-corrected chi connectivity index (χ2v) is 6.33. The summed E-state index contributed by atoms with van der Waals surface area (Å²) in [6.45, 7) is 2.54. The predicted octanol–water partition coefficient (Wildman–Crippen LogP) is 1.98. The van der Waals surface area contributed by atoms with Crippen LogP contribution in [0.4, 0.5) is 0 Å². The Morgan fingerprint density at radius 1 is 1.25 bits per heavy atom. The Hall–Kier alpha value is -0.900. The van der Waals surface area contributed by atoms with E-state index in [1.165, 1.54) is 17.5 Å². The van der Waals surface area contributed by atoms with Gasteiger partial charge < -0.3 is 10.5 Å². The molecule has 1 aliphatic carbocycles. The maximum Gasteiger partial charge on any atom is 0.0480 e. The maximum absolute atomic E-state index is 6.23. The van der Waals surface area contributed by atoms with Crippen molar-refractivity contribution < 1.29 is 4.74 Å². The summed E-state index contributed by atoms with van der Waals surface area (Å²) in [5.41, 5.74) is 9.37. The minimum Gasteiger partial charge on any atom is -0.381 e. The number of nitrogens with two attached hydrogens (primary N) is 1. The summed E-state index contributed by atoms with van der Waals surface area (Å²) in [5.74, 6) is 0. The van der Waals surface area contributed by atoms with Crippen LogP contribution in [0.3, 0.4) is 0 Å². The first-order valence-electron chi connectivity index (χ1n) is 7.83. The Morgan fingerprint density at radius 3 is 2.65 bits per heavy atom. The molecule has 1 aromatic carbocycles. The molecule has 1 saturated heterocycles. The molecule has 2 aliphatic rings. The van der Waals surface area contributed by atoms with Gasteiger partial charge in [0.15, 0.2) is 0 Å². The lowest BCUT2D eigenvalue weighted by molar-refractivity contribution is -0.00712. The fourth-order valence-corrected chi connectivity index (χ4v) is 3.86. The summed E-state index contributed by atoms with van der Waals surface area (Å²) in [6.07, 6.45) is 5.70. The van der Waals surface area contributed by atoms with E-state index in [2.05, 4.69) is 36.2 Å². The second kappa shape index (κ2) is 5.84. The van der Waals surface area contributed by atoms with Crippen molar-refractivity contribution in [1.29, 1.82) is 0 Å². The van der Waals surface area contributed by atoms with Gasteiger partial charge in [0.05, 0.1) is 0 Å². The Morgan fingerprint density at radius 2 is 1.95 bits per heavy atom. The van der Waals surface area contributed by atoms with Crippen molar-refractivity contribution in [2.75, 3.05) is 26.8 Å². The normalized spacial score (nSPS) is 27.6. The minimum atomic E-state index is 0.135. The van der Waals surface area contributed by atoms with E-state index >= 15 is 0 Å². The Labute approximate surface area is 122 Å². The van der Waals surface area contributed by atoms with Gasteiger partial charge in [-0.15, -0.1) is 0 Å². The standard InChI is InChI=1S/C17H26N2O/c1-19(16-7-10-20-11-8-16)17(13-18)9-6-14-4-2-3-5-15(14)12-17/h2-5,16H,6-13,18H2,1H3. The number of hydrogen-bond donors (Lipinski definition) is 1. The molecule has 0 radical (unpaired) electrons. The highest BCUT2D eigenvalue weighted by molar-refractivity contribution is 5.32. The molecular weight excluding hydrogens is 248 g/mol. The highest BCUT2D eigenvalue weighted by atomic mass is 16.5. The first kappa shape index (κ1) is 14.1. The van der Waals surface area contributed by atoms with Gasteiger partial charge in [-0.2, -0.15) is 0 Å². The van der Waals surface area contributed by atoms with Gasteiger partial charge in [0.25, 0.3) is 0 Å². The van der Waals surface area contributed by atoms with E-state index in [4.69, 9.17) is 10.5 Å². The third-order valence-electron chi connectivity index (χ3n) is 5.36. The Balaban J connectivity index is 1.81. The van der Waals surface area contributed by atoms with Crippen LogP contribution in [0.1, 0.15) is 30.4 Å². The molecule has 1 atom stereocenters. The molecule has 110 valence electrons. The lowest BCUT2D eigenvalue weighted by atomic mass is 9.76. The highest BCUT2D eigenvalue weighted by Gasteiger charge is 2.39. The van der Waals surface area contributed by atoms with Crippen LogP contribution in [0.2, 0.25) is 0 Å². The number of hydrogen-bond acceptors (Lipinski definition) is 3. The molecule has 3 rings (SSSR count). The maximum atomic E-state index is 6.23. The third-order valence-corrected chi connectivity index (χ3v) is 5.36. The molecule has 0 saturated carbocycles. The first-order chi connectivity index (χ1) is 9.75. The molecule has 1 aliphatic heterocycles. The van der Waals surface area contributed by atoms with Crippen molar-refractivity contribution in [1.82, 2.24) is 4.90 Å². The molecule has 2 N–H and O–H groups in total. The smallest absolute Gasteiger partial charge is 0.0480 e. The van der Waals surface area contributed by atoms with Crippen molar-refractivity contribution in [3.63, 3.8) is 0 Å². The van der Waals surface area contributed by atoms with Crippen LogP contribution in [-0.2, 0) is 17.6 Å². The number of fused-ring (bicyclic) bond motifs is 1.